The zero-order chi connectivity index (χ0) is 24.6. The fourth-order valence-corrected chi connectivity index (χ4v) is 4.40. The van der Waals surface area contributed by atoms with Crippen molar-refractivity contribution in [2.75, 3.05) is 17.7 Å². The molecule has 0 saturated heterocycles. The molecule has 180 valence electrons. The van der Waals surface area contributed by atoms with Crippen molar-refractivity contribution in [2.24, 2.45) is 0 Å². The largest absolute Gasteiger partial charge is 0.485 e. The van der Waals surface area contributed by atoms with Crippen LogP contribution in [0.25, 0.3) is 10.8 Å². The van der Waals surface area contributed by atoms with Crippen molar-refractivity contribution in [3.8, 4) is 5.75 Å². The van der Waals surface area contributed by atoms with Gasteiger partial charge in [-0.05, 0) is 43.5 Å². The molecule has 35 heavy (non-hydrogen) atoms. The number of carbonyl (C=O) groups is 2. The van der Waals surface area contributed by atoms with Crippen molar-refractivity contribution in [1.82, 2.24) is 14.8 Å². The van der Waals surface area contributed by atoms with Crippen LogP contribution < -0.4 is 10.1 Å². The number of esters is 1. The van der Waals surface area contributed by atoms with Crippen molar-refractivity contribution < 1.29 is 19.1 Å². The van der Waals surface area contributed by atoms with Gasteiger partial charge >= 0.3 is 5.97 Å². The lowest BCUT2D eigenvalue weighted by Gasteiger charge is -2.11. The minimum atomic E-state index is -0.424. The highest BCUT2D eigenvalue weighted by molar-refractivity contribution is 7.99. The average Bonchev–Trinajstić information content (AvgIpc) is 3.28. The maximum Gasteiger partial charge on any atom is 0.338 e. The summed E-state index contributed by atoms with van der Waals surface area (Å²) in [5.74, 6) is 0.978. The Kier molecular flexibility index (Phi) is 7.99. The Hall–Kier alpha value is -3.85. The van der Waals surface area contributed by atoms with Gasteiger partial charge in [-0.25, -0.2) is 4.79 Å². The predicted octanol–water partition coefficient (Wildman–Crippen LogP) is 4.94. The minimum absolute atomic E-state index is 0.145. The second kappa shape index (κ2) is 11.5. The Morgan fingerprint density at radius 3 is 2.63 bits per heavy atom. The average molecular weight is 491 g/mol. The molecule has 1 N–H and O–H groups in total. The van der Waals surface area contributed by atoms with E-state index in [1.807, 2.05) is 54.0 Å². The van der Waals surface area contributed by atoms with Crippen LogP contribution in [-0.4, -0.2) is 39.0 Å². The molecule has 3 aromatic carbocycles. The van der Waals surface area contributed by atoms with Crippen LogP contribution in [0.15, 0.2) is 71.9 Å². The van der Waals surface area contributed by atoms with Gasteiger partial charge in [-0.1, -0.05) is 54.2 Å². The van der Waals surface area contributed by atoms with Crippen molar-refractivity contribution in [3.05, 3.63) is 78.1 Å². The van der Waals surface area contributed by atoms with E-state index in [-0.39, 0.29) is 18.3 Å². The molecule has 9 heteroatoms. The van der Waals surface area contributed by atoms with Crippen LogP contribution in [-0.2, 0) is 22.7 Å². The first-order valence-electron chi connectivity index (χ1n) is 11.3. The number of benzene rings is 3. The van der Waals surface area contributed by atoms with Crippen LogP contribution >= 0.6 is 11.8 Å². The van der Waals surface area contributed by atoms with Crippen LogP contribution in [0.1, 0.15) is 30.0 Å². The van der Waals surface area contributed by atoms with Gasteiger partial charge in [-0.15, -0.1) is 10.2 Å². The third-order valence-corrected chi connectivity index (χ3v) is 6.17. The number of fused-ring (bicyclic) bond motifs is 1. The number of rotatable bonds is 10. The van der Waals surface area contributed by atoms with Crippen LogP contribution in [0, 0.1) is 0 Å². The molecule has 0 aliphatic heterocycles. The molecule has 8 nitrogen and oxygen atoms in total. The summed E-state index contributed by atoms with van der Waals surface area (Å²) in [5, 5.41) is 14.1. The summed E-state index contributed by atoms with van der Waals surface area (Å²) in [5.41, 5.74) is 0.918. The van der Waals surface area contributed by atoms with Gasteiger partial charge in [0.15, 0.2) is 11.0 Å². The molecule has 0 bridgehead atoms. The molecular weight excluding hydrogens is 464 g/mol. The molecule has 4 rings (SSSR count). The van der Waals surface area contributed by atoms with Crippen LogP contribution in [0.4, 0.5) is 5.69 Å². The zero-order valence-electron chi connectivity index (χ0n) is 19.6. The number of hydrogen-bond acceptors (Lipinski definition) is 7. The molecule has 0 radical (unpaired) electrons. The molecule has 0 unspecified atom stereocenters. The molecule has 0 spiro atoms. The summed E-state index contributed by atoms with van der Waals surface area (Å²) in [6, 6.07) is 20.7. The second-order valence-corrected chi connectivity index (χ2v) is 8.49. The highest BCUT2D eigenvalue weighted by atomic mass is 32.2. The fourth-order valence-electron chi connectivity index (χ4n) is 3.58. The number of anilines is 1. The lowest BCUT2D eigenvalue weighted by atomic mass is 10.1. The van der Waals surface area contributed by atoms with E-state index in [0.29, 0.717) is 35.4 Å². The van der Waals surface area contributed by atoms with Gasteiger partial charge in [0.05, 0.1) is 17.9 Å². The summed E-state index contributed by atoms with van der Waals surface area (Å²) >= 11 is 1.29. The first-order valence-corrected chi connectivity index (χ1v) is 12.3. The predicted molar refractivity (Wildman–Crippen MR) is 136 cm³/mol. The second-order valence-electron chi connectivity index (χ2n) is 7.55. The molecule has 0 aliphatic carbocycles. The minimum Gasteiger partial charge on any atom is -0.485 e. The third-order valence-electron chi connectivity index (χ3n) is 5.21. The molecule has 1 aromatic heterocycles. The lowest BCUT2D eigenvalue weighted by molar-refractivity contribution is -0.113. The van der Waals surface area contributed by atoms with Crippen LogP contribution in [0.3, 0.4) is 0 Å². The van der Waals surface area contributed by atoms with Crippen LogP contribution in [0.2, 0.25) is 0 Å². The molecule has 1 heterocycles. The SMILES string of the molecule is CCOC(=O)c1cccc(NC(=O)CSc2nnc(COc3cccc4ccccc34)n2CC)c1. The molecule has 0 fully saturated rings. The molecule has 0 atom stereocenters. The summed E-state index contributed by atoms with van der Waals surface area (Å²) in [6.07, 6.45) is 0. The Morgan fingerprint density at radius 1 is 1.00 bits per heavy atom. The number of nitrogens with one attached hydrogen (secondary N) is 1. The van der Waals surface area contributed by atoms with E-state index < -0.39 is 5.97 Å². The van der Waals surface area contributed by atoms with E-state index in [1.165, 1.54) is 11.8 Å². The van der Waals surface area contributed by atoms with Crippen molar-refractivity contribution in [1.29, 1.82) is 0 Å². The number of hydrogen-bond donors (Lipinski definition) is 1. The highest BCUT2D eigenvalue weighted by Gasteiger charge is 2.15. The van der Waals surface area contributed by atoms with Crippen molar-refractivity contribution in [3.63, 3.8) is 0 Å². The molecule has 4 aromatic rings. The van der Waals surface area contributed by atoms with Gasteiger partial charge in [-0.2, -0.15) is 0 Å². The number of carbonyl (C=O) groups excluding carboxylic acids is 2. The molecule has 0 saturated carbocycles. The summed E-state index contributed by atoms with van der Waals surface area (Å²) in [4.78, 5) is 24.4. The van der Waals surface area contributed by atoms with Gasteiger partial charge in [0, 0.05) is 17.6 Å². The van der Waals surface area contributed by atoms with E-state index in [0.717, 1.165) is 16.5 Å². The Bertz CT molecular complexity index is 1330. The quantitative estimate of drug-likeness (QED) is 0.249. The van der Waals surface area contributed by atoms with Gasteiger partial charge in [0.25, 0.3) is 0 Å². The first-order chi connectivity index (χ1) is 17.1. The van der Waals surface area contributed by atoms with E-state index in [1.54, 1.807) is 31.2 Å². The Labute approximate surface area is 207 Å². The first kappa shape index (κ1) is 24.3. The molecule has 0 aliphatic rings. The van der Waals surface area contributed by atoms with E-state index in [4.69, 9.17) is 9.47 Å². The normalized spacial score (nSPS) is 10.8. The Balaban J connectivity index is 1.36. The number of aromatic nitrogens is 3. The van der Waals surface area contributed by atoms with Gasteiger partial charge in [0.1, 0.15) is 12.4 Å². The van der Waals surface area contributed by atoms with E-state index >= 15 is 0 Å². The van der Waals surface area contributed by atoms with Crippen LogP contribution in [0.5, 0.6) is 5.75 Å². The zero-order valence-corrected chi connectivity index (χ0v) is 20.4. The maximum atomic E-state index is 12.5. The smallest absolute Gasteiger partial charge is 0.338 e. The Morgan fingerprint density at radius 2 is 1.80 bits per heavy atom. The third kappa shape index (κ3) is 5.99. The molecule has 1 amide bonds. The number of thioether (sulfide) groups is 1. The van der Waals surface area contributed by atoms with Gasteiger partial charge in [-0.3, -0.25) is 4.79 Å². The number of ether oxygens (including phenoxy) is 2. The molecular formula is C26H26N4O4S. The maximum absolute atomic E-state index is 12.5. The fraction of sp³-hybridized carbons (Fsp3) is 0.231. The van der Waals surface area contributed by atoms with Gasteiger partial charge < -0.3 is 19.4 Å². The monoisotopic (exact) mass is 490 g/mol. The van der Waals surface area contributed by atoms with Crippen molar-refractivity contribution >= 4 is 40.1 Å². The lowest BCUT2D eigenvalue weighted by Crippen LogP contribution is -2.15. The number of nitrogens with zero attached hydrogens (tertiary/aromatic N) is 3. The van der Waals surface area contributed by atoms with E-state index in [9.17, 15) is 9.59 Å². The number of amides is 1. The van der Waals surface area contributed by atoms with Gasteiger partial charge in [0.2, 0.25) is 5.91 Å². The topological polar surface area (TPSA) is 95.3 Å². The summed E-state index contributed by atoms with van der Waals surface area (Å²) in [7, 11) is 0. The van der Waals surface area contributed by atoms with Crippen molar-refractivity contribution in [2.45, 2.75) is 32.2 Å². The summed E-state index contributed by atoms with van der Waals surface area (Å²) < 4.78 is 13.0. The summed E-state index contributed by atoms with van der Waals surface area (Å²) in [6.45, 7) is 4.95. The standard InChI is InChI=1S/C26H26N4O4S/c1-3-30-23(16-34-22-14-8-10-18-9-5-6-13-21(18)22)28-29-26(30)35-17-24(31)27-20-12-7-11-19(15-20)25(32)33-4-2/h5-15H,3-4,16-17H2,1-2H3,(H,27,31). The van der Waals surface area contributed by atoms with E-state index in [2.05, 4.69) is 15.5 Å². The highest BCUT2D eigenvalue weighted by Crippen LogP contribution is 2.26.